The van der Waals surface area contributed by atoms with Crippen LogP contribution in [0, 0.1) is 6.07 Å². The number of para-hydroxylation sites is 2. The Morgan fingerprint density at radius 3 is 1.97 bits per heavy atom. The Bertz CT molecular complexity index is 1470. The van der Waals surface area contributed by atoms with E-state index >= 15 is 0 Å². The molecule has 5 aromatic rings. The predicted octanol–water partition coefficient (Wildman–Crippen LogP) is 6.98. The minimum atomic E-state index is -0.990. The number of ether oxygens (including phenoxy) is 2. The fraction of sp³-hybridized carbons (Fsp3) is 0.0645. The standard InChI is InChI=1S/C25H21N2O2.C6H5NO2.Ir/c1-27(2)19-15-16-26-24(17-19)23-14-13-22(28-20-9-5-3-6-10-20)18-25(23)29-21-11-7-4-8-12-21;8-6(9)5-3-1-2-4-7-5;/h3-13,15-18H,1-2H3;1-4H,(H,8,9);/q-1;;. The molecule has 0 spiro atoms. The molecule has 39 heavy (non-hydrogen) atoms. The van der Waals surface area contributed by atoms with Crippen molar-refractivity contribution in [3.05, 3.63) is 127 Å². The molecule has 0 bridgehead atoms. The summed E-state index contributed by atoms with van der Waals surface area (Å²) in [5.41, 5.74) is 2.70. The maximum absolute atomic E-state index is 10.1. The summed E-state index contributed by atoms with van der Waals surface area (Å²) in [4.78, 5) is 20.3. The number of rotatable bonds is 7. The molecule has 199 valence electrons. The minimum Gasteiger partial charge on any atom is -0.502 e. The Labute approximate surface area is 241 Å². The van der Waals surface area contributed by atoms with Gasteiger partial charge in [-0.3, -0.25) is 0 Å². The van der Waals surface area contributed by atoms with Gasteiger partial charge in [0, 0.05) is 63.8 Å². The van der Waals surface area contributed by atoms with Crippen molar-refractivity contribution >= 4 is 11.7 Å². The fourth-order valence-corrected chi connectivity index (χ4v) is 3.36. The van der Waals surface area contributed by atoms with E-state index in [1.807, 2.05) is 104 Å². The number of hydrogen-bond donors (Lipinski definition) is 1. The molecule has 0 unspecified atom stereocenters. The molecule has 8 heteroatoms. The third-order valence-corrected chi connectivity index (χ3v) is 5.23. The van der Waals surface area contributed by atoms with Crippen molar-refractivity contribution in [3.63, 3.8) is 0 Å². The molecule has 0 amide bonds. The number of aromatic carboxylic acids is 1. The first-order chi connectivity index (χ1) is 18.5. The molecule has 0 aliphatic heterocycles. The van der Waals surface area contributed by atoms with Gasteiger partial charge in [-0.25, -0.2) is 9.78 Å². The summed E-state index contributed by atoms with van der Waals surface area (Å²) in [7, 11) is 4.00. The number of aromatic nitrogens is 2. The van der Waals surface area contributed by atoms with Crippen molar-refractivity contribution < 1.29 is 39.5 Å². The maximum atomic E-state index is 10.1. The van der Waals surface area contributed by atoms with Crippen molar-refractivity contribution in [2.24, 2.45) is 0 Å². The Hall–Kier alpha value is -4.52. The number of benzene rings is 3. The van der Waals surface area contributed by atoms with Gasteiger partial charge in [0.2, 0.25) is 0 Å². The van der Waals surface area contributed by atoms with Gasteiger partial charge in [-0.1, -0.05) is 60.2 Å². The number of carboxylic acids is 1. The van der Waals surface area contributed by atoms with Gasteiger partial charge in [0.05, 0.1) is 0 Å². The quantitative estimate of drug-likeness (QED) is 0.184. The maximum Gasteiger partial charge on any atom is 0.354 e. The van der Waals surface area contributed by atoms with E-state index in [4.69, 9.17) is 14.6 Å². The summed E-state index contributed by atoms with van der Waals surface area (Å²) in [6, 6.07) is 35.0. The molecule has 3 aromatic carbocycles. The number of nitrogens with zero attached hydrogens (tertiary/aromatic N) is 3. The largest absolute Gasteiger partial charge is 0.502 e. The second-order valence-electron chi connectivity index (χ2n) is 8.22. The third-order valence-electron chi connectivity index (χ3n) is 5.23. The molecule has 0 aliphatic rings. The molecule has 0 aliphatic carbocycles. The average Bonchev–Trinajstić information content (AvgIpc) is 2.95. The van der Waals surface area contributed by atoms with Gasteiger partial charge in [-0.05, 0) is 48.2 Å². The van der Waals surface area contributed by atoms with Gasteiger partial charge in [0.25, 0.3) is 0 Å². The average molecular weight is 697 g/mol. The Kier molecular flexibility index (Phi) is 10.7. The molecule has 1 N–H and O–H groups in total. The second kappa shape index (κ2) is 14.4. The zero-order valence-corrected chi connectivity index (χ0v) is 23.7. The number of hydrogen-bond acceptors (Lipinski definition) is 6. The normalized spacial score (nSPS) is 9.79. The van der Waals surface area contributed by atoms with Crippen LogP contribution in [0.5, 0.6) is 23.0 Å². The van der Waals surface area contributed by atoms with E-state index in [1.54, 1.807) is 18.3 Å². The predicted molar refractivity (Wildman–Crippen MR) is 147 cm³/mol. The summed E-state index contributed by atoms with van der Waals surface area (Å²) in [6.07, 6.45) is 3.24. The van der Waals surface area contributed by atoms with Crippen LogP contribution in [-0.4, -0.2) is 35.1 Å². The summed E-state index contributed by atoms with van der Waals surface area (Å²) >= 11 is 0. The van der Waals surface area contributed by atoms with E-state index in [2.05, 4.69) is 16.0 Å². The molecule has 0 saturated heterocycles. The van der Waals surface area contributed by atoms with Crippen molar-refractivity contribution in [1.82, 2.24) is 9.97 Å². The van der Waals surface area contributed by atoms with Crippen molar-refractivity contribution in [2.45, 2.75) is 0 Å². The van der Waals surface area contributed by atoms with E-state index in [9.17, 15) is 4.79 Å². The van der Waals surface area contributed by atoms with E-state index < -0.39 is 5.97 Å². The molecule has 0 fully saturated rings. The Morgan fingerprint density at radius 2 is 1.41 bits per heavy atom. The first-order valence-electron chi connectivity index (χ1n) is 11.8. The van der Waals surface area contributed by atoms with Gasteiger partial charge in [0.15, 0.2) is 0 Å². The van der Waals surface area contributed by atoms with Crippen molar-refractivity contribution in [2.75, 3.05) is 19.0 Å². The monoisotopic (exact) mass is 697 g/mol. The van der Waals surface area contributed by atoms with E-state index in [-0.39, 0.29) is 25.8 Å². The van der Waals surface area contributed by atoms with E-state index in [0.717, 1.165) is 28.4 Å². The van der Waals surface area contributed by atoms with Gasteiger partial charge in [-0.2, -0.15) is 0 Å². The SMILES string of the molecule is CN(C)c1ccnc(-c2[c-]cc(Oc3ccccc3)cc2Oc2ccccc2)c1.O=C(O)c1ccccn1.[Ir]. The molecular formula is C31H26IrN3O4-. The zero-order valence-electron chi connectivity index (χ0n) is 21.3. The number of anilines is 1. The van der Waals surface area contributed by atoms with Gasteiger partial charge >= 0.3 is 5.97 Å². The van der Waals surface area contributed by atoms with Crippen LogP contribution in [0.2, 0.25) is 0 Å². The Balaban J connectivity index is 0.000000359. The molecule has 0 saturated carbocycles. The van der Waals surface area contributed by atoms with E-state index in [1.165, 1.54) is 12.3 Å². The summed E-state index contributed by atoms with van der Waals surface area (Å²) in [6.45, 7) is 0. The molecule has 0 atom stereocenters. The minimum absolute atomic E-state index is 0. The van der Waals surface area contributed by atoms with Crippen molar-refractivity contribution in [1.29, 1.82) is 0 Å². The summed E-state index contributed by atoms with van der Waals surface area (Å²) in [5.74, 6) is 1.79. The number of carbonyl (C=O) groups is 1. The third kappa shape index (κ3) is 8.50. The molecule has 7 nitrogen and oxygen atoms in total. The van der Waals surface area contributed by atoms with Crippen LogP contribution in [0.1, 0.15) is 10.5 Å². The topological polar surface area (TPSA) is 84.8 Å². The first kappa shape index (κ1) is 29.0. The summed E-state index contributed by atoms with van der Waals surface area (Å²) in [5, 5.41) is 8.32. The van der Waals surface area contributed by atoms with Crippen LogP contribution in [0.3, 0.4) is 0 Å². The number of carboxylic acid groups (broad SMARTS) is 1. The fourth-order valence-electron chi connectivity index (χ4n) is 3.36. The summed E-state index contributed by atoms with van der Waals surface area (Å²) < 4.78 is 12.1. The van der Waals surface area contributed by atoms with Crippen LogP contribution in [0.4, 0.5) is 5.69 Å². The van der Waals surface area contributed by atoms with E-state index in [0.29, 0.717) is 11.5 Å². The first-order valence-corrected chi connectivity index (χ1v) is 11.8. The smallest absolute Gasteiger partial charge is 0.354 e. The second-order valence-corrected chi connectivity index (χ2v) is 8.22. The molecule has 1 radical (unpaired) electrons. The molecule has 5 rings (SSSR count). The van der Waals surface area contributed by atoms with Crippen molar-refractivity contribution in [3.8, 4) is 34.3 Å². The zero-order chi connectivity index (χ0) is 26.7. The van der Waals surface area contributed by atoms with Crippen LogP contribution < -0.4 is 14.4 Å². The van der Waals surface area contributed by atoms with Gasteiger partial charge in [-0.15, -0.1) is 12.1 Å². The van der Waals surface area contributed by atoms with Crippen LogP contribution >= 0.6 is 0 Å². The Morgan fingerprint density at radius 1 is 0.769 bits per heavy atom. The van der Waals surface area contributed by atoms with Crippen LogP contribution in [-0.2, 0) is 20.1 Å². The van der Waals surface area contributed by atoms with Gasteiger partial charge < -0.3 is 24.5 Å². The van der Waals surface area contributed by atoms with Gasteiger partial charge in [0.1, 0.15) is 17.2 Å². The molecule has 2 heterocycles. The van der Waals surface area contributed by atoms with Crippen LogP contribution in [0.25, 0.3) is 11.3 Å². The van der Waals surface area contributed by atoms with Crippen LogP contribution in [0.15, 0.2) is 116 Å². The number of pyridine rings is 2. The molecule has 2 aromatic heterocycles. The molecular weight excluding hydrogens is 671 g/mol.